The Labute approximate surface area is 163 Å². The molecule has 0 radical (unpaired) electrons. The SMILES string of the molecule is CN(Cc1ccccc1)c1nccc(C(=O)NCc2ccc3c(c2)OCO3)n1. The zero-order chi connectivity index (χ0) is 19.3. The molecule has 0 spiro atoms. The number of ether oxygens (including phenoxy) is 2. The maximum Gasteiger partial charge on any atom is 0.270 e. The van der Waals surface area contributed by atoms with Crippen LogP contribution in [0.5, 0.6) is 11.5 Å². The van der Waals surface area contributed by atoms with Gasteiger partial charge in [-0.25, -0.2) is 9.97 Å². The Kier molecular flexibility index (Phi) is 5.05. The molecule has 7 nitrogen and oxygen atoms in total. The molecule has 0 unspecified atom stereocenters. The zero-order valence-electron chi connectivity index (χ0n) is 15.5. The molecular weight excluding hydrogens is 356 g/mol. The van der Waals surface area contributed by atoms with Crippen molar-refractivity contribution in [2.75, 3.05) is 18.7 Å². The number of hydrogen-bond donors (Lipinski definition) is 1. The number of nitrogens with one attached hydrogen (secondary N) is 1. The van der Waals surface area contributed by atoms with Gasteiger partial charge in [0.1, 0.15) is 5.69 Å². The third-order valence-corrected chi connectivity index (χ3v) is 4.37. The fourth-order valence-corrected chi connectivity index (χ4v) is 2.91. The molecule has 0 atom stereocenters. The molecule has 1 aromatic heterocycles. The highest BCUT2D eigenvalue weighted by molar-refractivity contribution is 5.92. The predicted molar refractivity (Wildman–Crippen MR) is 104 cm³/mol. The van der Waals surface area contributed by atoms with Crippen LogP contribution < -0.4 is 19.7 Å². The van der Waals surface area contributed by atoms with Gasteiger partial charge in [-0.2, -0.15) is 0 Å². The van der Waals surface area contributed by atoms with E-state index < -0.39 is 0 Å². The van der Waals surface area contributed by atoms with Crippen LogP contribution in [0, 0.1) is 0 Å². The van der Waals surface area contributed by atoms with Crippen LogP contribution in [-0.4, -0.2) is 29.7 Å². The summed E-state index contributed by atoms with van der Waals surface area (Å²) in [6.45, 7) is 1.25. The largest absolute Gasteiger partial charge is 0.454 e. The van der Waals surface area contributed by atoms with Gasteiger partial charge in [0.2, 0.25) is 12.7 Å². The van der Waals surface area contributed by atoms with Gasteiger partial charge >= 0.3 is 0 Å². The van der Waals surface area contributed by atoms with E-state index in [4.69, 9.17) is 9.47 Å². The van der Waals surface area contributed by atoms with Crippen molar-refractivity contribution >= 4 is 11.9 Å². The molecular formula is C21H20N4O3. The summed E-state index contributed by atoms with van der Waals surface area (Å²) in [5.74, 6) is 1.66. The molecule has 1 amide bonds. The topological polar surface area (TPSA) is 76.6 Å². The molecule has 28 heavy (non-hydrogen) atoms. The smallest absolute Gasteiger partial charge is 0.270 e. The number of aromatic nitrogens is 2. The van der Waals surface area contributed by atoms with E-state index in [1.165, 1.54) is 0 Å². The van der Waals surface area contributed by atoms with Crippen molar-refractivity contribution in [3.05, 3.63) is 77.6 Å². The van der Waals surface area contributed by atoms with E-state index in [0.717, 1.165) is 16.9 Å². The monoisotopic (exact) mass is 376 g/mol. The van der Waals surface area contributed by atoms with Gasteiger partial charge in [0.25, 0.3) is 5.91 Å². The molecule has 4 rings (SSSR count). The summed E-state index contributed by atoms with van der Waals surface area (Å²) in [5, 5.41) is 2.88. The molecule has 0 saturated carbocycles. The number of fused-ring (bicyclic) bond motifs is 1. The number of nitrogens with zero attached hydrogens (tertiary/aromatic N) is 3. The number of carbonyl (C=O) groups excluding carboxylic acids is 1. The number of carbonyl (C=O) groups is 1. The van der Waals surface area contributed by atoms with Gasteiger partial charge in [0.05, 0.1) is 0 Å². The van der Waals surface area contributed by atoms with Gasteiger partial charge in [-0.05, 0) is 29.3 Å². The molecule has 3 aromatic rings. The van der Waals surface area contributed by atoms with Crippen molar-refractivity contribution in [3.63, 3.8) is 0 Å². The highest BCUT2D eigenvalue weighted by Crippen LogP contribution is 2.32. The fraction of sp³-hybridized carbons (Fsp3) is 0.190. The summed E-state index contributed by atoms with van der Waals surface area (Å²) >= 11 is 0. The number of benzene rings is 2. The summed E-state index contributed by atoms with van der Waals surface area (Å²) in [7, 11) is 1.90. The second-order valence-corrected chi connectivity index (χ2v) is 6.45. The summed E-state index contributed by atoms with van der Waals surface area (Å²) in [4.78, 5) is 23.1. The first-order valence-corrected chi connectivity index (χ1v) is 8.94. The maximum absolute atomic E-state index is 12.5. The highest BCUT2D eigenvalue weighted by Gasteiger charge is 2.15. The molecule has 1 aliphatic rings. The average molecular weight is 376 g/mol. The summed E-state index contributed by atoms with van der Waals surface area (Å²) in [6.07, 6.45) is 1.60. The zero-order valence-corrected chi connectivity index (χ0v) is 15.5. The molecule has 0 aliphatic carbocycles. The van der Waals surface area contributed by atoms with Crippen molar-refractivity contribution in [2.45, 2.75) is 13.1 Å². The van der Waals surface area contributed by atoms with Crippen molar-refractivity contribution < 1.29 is 14.3 Å². The van der Waals surface area contributed by atoms with E-state index in [1.54, 1.807) is 12.3 Å². The normalized spacial score (nSPS) is 11.9. The predicted octanol–water partition coefficient (Wildman–Crippen LogP) is 2.77. The quantitative estimate of drug-likeness (QED) is 0.713. The maximum atomic E-state index is 12.5. The van der Waals surface area contributed by atoms with Gasteiger partial charge in [-0.1, -0.05) is 36.4 Å². The van der Waals surface area contributed by atoms with Crippen LogP contribution >= 0.6 is 0 Å². The Balaban J connectivity index is 1.40. The van der Waals surface area contributed by atoms with Crippen LogP contribution in [0.25, 0.3) is 0 Å². The molecule has 142 valence electrons. The molecule has 1 aliphatic heterocycles. The van der Waals surface area contributed by atoms with E-state index in [1.807, 2.05) is 60.5 Å². The van der Waals surface area contributed by atoms with Crippen LogP contribution in [0.15, 0.2) is 60.8 Å². The minimum atomic E-state index is -0.255. The van der Waals surface area contributed by atoms with Crippen LogP contribution in [-0.2, 0) is 13.1 Å². The van der Waals surface area contributed by atoms with E-state index in [-0.39, 0.29) is 12.7 Å². The summed E-state index contributed by atoms with van der Waals surface area (Å²) in [6, 6.07) is 17.2. The fourth-order valence-electron chi connectivity index (χ4n) is 2.91. The first kappa shape index (κ1) is 17.8. The van der Waals surface area contributed by atoms with Gasteiger partial charge in [-0.3, -0.25) is 4.79 Å². The number of hydrogen-bond acceptors (Lipinski definition) is 6. The van der Waals surface area contributed by atoms with Gasteiger partial charge in [0.15, 0.2) is 11.5 Å². The minimum Gasteiger partial charge on any atom is -0.454 e. The van der Waals surface area contributed by atoms with Crippen LogP contribution in [0.4, 0.5) is 5.95 Å². The molecule has 0 bridgehead atoms. The first-order chi connectivity index (χ1) is 13.7. The van der Waals surface area contributed by atoms with Gasteiger partial charge < -0.3 is 19.7 Å². The van der Waals surface area contributed by atoms with Crippen LogP contribution in [0.3, 0.4) is 0 Å². The average Bonchev–Trinajstić information content (AvgIpc) is 3.20. The Morgan fingerprint density at radius 2 is 1.89 bits per heavy atom. The second-order valence-electron chi connectivity index (χ2n) is 6.45. The third-order valence-electron chi connectivity index (χ3n) is 4.37. The molecule has 2 heterocycles. The Bertz CT molecular complexity index is 978. The second kappa shape index (κ2) is 7.96. The summed E-state index contributed by atoms with van der Waals surface area (Å²) in [5.41, 5.74) is 2.39. The lowest BCUT2D eigenvalue weighted by atomic mass is 10.2. The minimum absolute atomic E-state index is 0.228. The van der Waals surface area contributed by atoms with Crippen LogP contribution in [0.1, 0.15) is 21.6 Å². The van der Waals surface area contributed by atoms with E-state index in [0.29, 0.717) is 30.5 Å². The van der Waals surface area contributed by atoms with Crippen molar-refractivity contribution in [1.82, 2.24) is 15.3 Å². The van der Waals surface area contributed by atoms with Crippen molar-refractivity contribution in [2.24, 2.45) is 0 Å². The lowest BCUT2D eigenvalue weighted by Crippen LogP contribution is -2.25. The Hall–Kier alpha value is -3.61. The lowest BCUT2D eigenvalue weighted by Gasteiger charge is -2.17. The van der Waals surface area contributed by atoms with Gasteiger partial charge in [-0.15, -0.1) is 0 Å². The molecule has 0 saturated heterocycles. The van der Waals surface area contributed by atoms with E-state index in [2.05, 4.69) is 15.3 Å². The lowest BCUT2D eigenvalue weighted by molar-refractivity contribution is 0.0945. The highest BCUT2D eigenvalue weighted by atomic mass is 16.7. The van der Waals surface area contributed by atoms with Crippen molar-refractivity contribution in [1.29, 1.82) is 0 Å². The van der Waals surface area contributed by atoms with Crippen molar-refractivity contribution in [3.8, 4) is 11.5 Å². The van der Waals surface area contributed by atoms with E-state index >= 15 is 0 Å². The third kappa shape index (κ3) is 4.03. The molecule has 7 heteroatoms. The number of rotatable bonds is 6. The number of amides is 1. The number of anilines is 1. The van der Waals surface area contributed by atoms with E-state index in [9.17, 15) is 4.79 Å². The first-order valence-electron chi connectivity index (χ1n) is 8.94. The molecule has 1 N–H and O–H groups in total. The Morgan fingerprint density at radius 3 is 2.75 bits per heavy atom. The molecule has 2 aromatic carbocycles. The summed E-state index contributed by atoms with van der Waals surface area (Å²) < 4.78 is 10.7. The molecule has 0 fully saturated rings. The standard InChI is InChI=1S/C21H20N4O3/c1-25(13-15-5-3-2-4-6-15)21-22-10-9-17(24-21)20(26)23-12-16-7-8-18-19(11-16)28-14-27-18/h2-11H,12-14H2,1H3,(H,23,26). The van der Waals surface area contributed by atoms with Crippen LogP contribution in [0.2, 0.25) is 0 Å². The Morgan fingerprint density at radius 1 is 1.07 bits per heavy atom. The van der Waals surface area contributed by atoms with Gasteiger partial charge in [0, 0.05) is 26.3 Å².